The van der Waals surface area contributed by atoms with Crippen molar-refractivity contribution in [3.8, 4) is 45.4 Å². The van der Waals surface area contributed by atoms with Gasteiger partial charge in [0.15, 0.2) is 11.5 Å². The van der Waals surface area contributed by atoms with Crippen LogP contribution in [0.2, 0.25) is 0 Å². The highest BCUT2D eigenvalue weighted by molar-refractivity contribution is 5.83. The lowest BCUT2D eigenvalue weighted by atomic mass is 9.99. The van der Waals surface area contributed by atoms with Crippen LogP contribution in [0.3, 0.4) is 0 Å². The van der Waals surface area contributed by atoms with Gasteiger partial charge in [-0.05, 0) is 29.8 Å². The van der Waals surface area contributed by atoms with Gasteiger partial charge in [-0.25, -0.2) is 9.97 Å². The third-order valence-electron chi connectivity index (χ3n) is 3.87. The normalized spacial score (nSPS) is 10.4. The molecule has 3 rings (SSSR count). The Labute approximate surface area is 145 Å². The number of methoxy groups -OCH3 is 3. The van der Waals surface area contributed by atoms with Crippen LogP contribution < -0.4 is 14.2 Å². The van der Waals surface area contributed by atoms with Crippen LogP contribution in [0.1, 0.15) is 0 Å². The Morgan fingerprint density at radius 1 is 0.840 bits per heavy atom. The summed E-state index contributed by atoms with van der Waals surface area (Å²) >= 11 is 0. The third kappa shape index (κ3) is 3.19. The van der Waals surface area contributed by atoms with Crippen molar-refractivity contribution in [1.29, 1.82) is 0 Å². The van der Waals surface area contributed by atoms with Crippen molar-refractivity contribution in [2.24, 2.45) is 0 Å². The van der Waals surface area contributed by atoms with Crippen LogP contribution >= 0.6 is 0 Å². The predicted octanol–water partition coefficient (Wildman–Crippen LogP) is 3.54. The Bertz CT molecular complexity index is 896. The lowest BCUT2D eigenvalue weighted by molar-refractivity contribution is 0.355. The van der Waals surface area contributed by atoms with E-state index in [0.717, 1.165) is 11.1 Å². The number of aromatic nitrogens is 2. The van der Waals surface area contributed by atoms with E-state index in [9.17, 15) is 5.11 Å². The lowest BCUT2D eigenvalue weighted by Crippen LogP contribution is -1.94. The second kappa shape index (κ2) is 7.09. The van der Waals surface area contributed by atoms with Crippen molar-refractivity contribution in [2.75, 3.05) is 21.3 Å². The fourth-order valence-corrected chi connectivity index (χ4v) is 2.60. The molecule has 0 radical (unpaired) electrons. The molecule has 0 bridgehead atoms. The molecule has 0 unspecified atom stereocenters. The number of rotatable bonds is 5. The van der Waals surface area contributed by atoms with Crippen LogP contribution in [0, 0.1) is 0 Å². The van der Waals surface area contributed by atoms with Crippen LogP contribution in [0.15, 0.2) is 48.9 Å². The second-order valence-corrected chi connectivity index (χ2v) is 5.24. The molecule has 0 spiro atoms. The molecule has 0 aliphatic rings. The van der Waals surface area contributed by atoms with E-state index in [1.807, 2.05) is 18.2 Å². The summed E-state index contributed by atoms with van der Waals surface area (Å²) in [5.74, 6) is 1.90. The van der Waals surface area contributed by atoms with Gasteiger partial charge in [0, 0.05) is 23.4 Å². The summed E-state index contributed by atoms with van der Waals surface area (Å²) < 4.78 is 15.8. The topological polar surface area (TPSA) is 73.7 Å². The molecule has 6 heteroatoms. The zero-order valence-corrected chi connectivity index (χ0v) is 14.2. The van der Waals surface area contributed by atoms with E-state index in [1.54, 1.807) is 45.7 Å². The van der Waals surface area contributed by atoms with E-state index >= 15 is 0 Å². The molecular weight excluding hydrogens is 320 g/mol. The number of phenolic OH excluding ortho intramolecular Hbond substituents is 1. The summed E-state index contributed by atoms with van der Waals surface area (Å²) in [7, 11) is 4.72. The van der Waals surface area contributed by atoms with Gasteiger partial charge >= 0.3 is 0 Å². The first-order valence-electron chi connectivity index (χ1n) is 7.57. The zero-order chi connectivity index (χ0) is 17.8. The number of hydrogen-bond acceptors (Lipinski definition) is 6. The highest BCUT2D eigenvalue weighted by Crippen LogP contribution is 2.39. The third-order valence-corrected chi connectivity index (χ3v) is 3.87. The molecule has 128 valence electrons. The second-order valence-electron chi connectivity index (χ2n) is 5.24. The van der Waals surface area contributed by atoms with Gasteiger partial charge in [0.1, 0.15) is 17.8 Å². The maximum absolute atomic E-state index is 10.3. The quantitative estimate of drug-likeness (QED) is 0.767. The number of benzene rings is 2. The van der Waals surface area contributed by atoms with Crippen LogP contribution in [0.25, 0.3) is 22.4 Å². The van der Waals surface area contributed by atoms with Gasteiger partial charge < -0.3 is 19.3 Å². The number of aromatic hydroxyl groups is 1. The van der Waals surface area contributed by atoms with Crippen LogP contribution in [-0.4, -0.2) is 36.4 Å². The minimum atomic E-state index is 0.0831. The Morgan fingerprint density at radius 2 is 1.64 bits per heavy atom. The minimum absolute atomic E-state index is 0.0831. The molecule has 0 aliphatic heterocycles. The maximum Gasteiger partial charge on any atom is 0.161 e. The largest absolute Gasteiger partial charge is 0.507 e. The molecule has 0 saturated carbocycles. The van der Waals surface area contributed by atoms with E-state index in [-0.39, 0.29) is 5.75 Å². The monoisotopic (exact) mass is 338 g/mol. The molecule has 3 aromatic rings. The first kappa shape index (κ1) is 16.6. The SMILES string of the molecule is COc1ccc(-c2ncncc2-c2ccc(OC)c(OC)c2)c(O)c1. The molecule has 0 amide bonds. The van der Waals surface area contributed by atoms with Crippen molar-refractivity contribution >= 4 is 0 Å². The summed E-state index contributed by atoms with van der Waals surface area (Å²) in [4.78, 5) is 8.47. The van der Waals surface area contributed by atoms with Crippen molar-refractivity contribution in [3.63, 3.8) is 0 Å². The standard InChI is InChI=1S/C19H18N2O4/c1-23-13-5-6-14(16(22)9-13)19-15(10-20-11-21-19)12-4-7-17(24-2)18(8-12)25-3/h4-11,22H,1-3H3. The molecule has 0 atom stereocenters. The van der Waals surface area contributed by atoms with Crippen LogP contribution in [0.5, 0.6) is 23.0 Å². The molecule has 25 heavy (non-hydrogen) atoms. The van der Waals surface area contributed by atoms with Crippen molar-refractivity contribution in [1.82, 2.24) is 9.97 Å². The molecule has 0 fully saturated rings. The number of ether oxygens (including phenoxy) is 3. The van der Waals surface area contributed by atoms with E-state index < -0.39 is 0 Å². The average Bonchev–Trinajstić information content (AvgIpc) is 2.67. The molecular formula is C19H18N2O4. The van der Waals surface area contributed by atoms with Crippen molar-refractivity contribution < 1.29 is 19.3 Å². The summed E-state index contributed by atoms with van der Waals surface area (Å²) in [5, 5.41) is 10.3. The molecule has 1 N–H and O–H groups in total. The fraction of sp³-hybridized carbons (Fsp3) is 0.158. The Hall–Kier alpha value is -3.28. The highest BCUT2D eigenvalue weighted by Gasteiger charge is 2.15. The highest BCUT2D eigenvalue weighted by atomic mass is 16.5. The molecule has 1 aromatic heterocycles. The first-order chi connectivity index (χ1) is 12.2. The lowest BCUT2D eigenvalue weighted by Gasteiger charge is -2.13. The summed E-state index contributed by atoms with van der Waals surface area (Å²) in [6.45, 7) is 0. The van der Waals surface area contributed by atoms with Gasteiger partial charge in [0.05, 0.1) is 27.0 Å². The van der Waals surface area contributed by atoms with E-state index in [2.05, 4.69) is 9.97 Å². The van der Waals surface area contributed by atoms with Crippen molar-refractivity contribution in [2.45, 2.75) is 0 Å². The summed E-state index contributed by atoms with van der Waals surface area (Å²) in [5.41, 5.74) is 2.82. The smallest absolute Gasteiger partial charge is 0.161 e. The van der Waals surface area contributed by atoms with Gasteiger partial charge in [-0.2, -0.15) is 0 Å². The van der Waals surface area contributed by atoms with Crippen molar-refractivity contribution in [3.05, 3.63) is 48.9 Å². The number of phenols is 1. The van der Waals surface area contributed by atoms with Gasteiger partial charge in [-0.3, -0.25) is 0 Å². The number of nitrogens with zero attached hydrogens (tertiary/aromatic N) is 2. The summed E-state index contributed by atoms with van der Waals surface area (Å²) in [6.07, 6.45) is 3.15. The van der Waals surface area contributed by atoms with Gasteiger partial charge in [0.2, 0.25) is 0 Å². The Balaban J connectivity index is 2.14. The van der Waals surface area contributed by atoms with Crippen LogP contribution in [0.4, 0.5) is 0 Å². The molecule has 2 aromatic carbocycles. The van der Waals surface area contributed by atoms with Gasteiger partial charge in [0.25, 0.3) is 0 Å². The molecule has 6 nitrogen and oxygen atoms in total. The zero-order valence-electron chi connectivity index (χ0n) is 14.2. The molecule has 0 aliphatic carbocycles. The van der Waals surface area contributed by atoms with E-state index in [1.165, 1.54) is 6.33 Å². The van der Waals surface area contributed by atoms with E-state index in [4.69, 9.17) is 14.2 Å². The van der Waals surface area contributed by atoms with Crippen LogP contribution in [-0.2, 0) is 0 Å². The molecule has 1 heterocycles. The van der Waals surface area contributed by atoms with E-state index in [0.29, 0.717) is 28.5 Å². The molecule has 0 saturated heterocycles. The first-order valence-corrected chi connectivity index (χ1v) is 7.57. The maximum atomic E-state index is 10.3. The minimum Gasteiger partial charge on any atom is -0.507 e. The summed E-state index contributed by atoms with van der Waals surface area (Å²) in [6, 6.07) is 10.6. The number of hydrogen-bond donors (Lipinski definition) is 1. The predicted molar refractivity (Wildman–Crippen MR) is 94.2 cm³/mol. The van der Waals surface area contributed by atoms with Gasteiger partial charge in [-0.1, -0.05) is 6.07 Å². The fourth-order valence-electron chi connectivity index (χ4n) is 2.60. The average molecular weight is 338 g/mol. The Kier molecular flexibility index (Phi) is 4.70. The Morgan fingerprint density at radius 3 is 2.32 bits per heavy atom. The van der Waals surface area contributed by atoms with Gasteiger partial charge in [-0.15, -0.1) is 0 Å².